The van der Waals surface area contributed by atoms with E-state index >= 15 is 0 Å². The van der Waals surface area contributed by atoms with E-state index in [-0.39, 0.29) is 0 Å². The molecule has 0 fully saturated rings. The van der Waals surface area contributed by atoms with Crippen LogP contribution in [-0.4, -0.2) is 12.2 Å². The Balaban J connectivity index is 3.04. The van der Waals surface area contributed by atoms with Crippen LogP contribution in [0.2, 0.25) is 10.0 Å². The van der Waals surface area contributed by atoms with Crippen molar-refractivity contribution in [3.63, 3.8) is 0 Å². The summed E-state index contributed by atoms with van der Waals surface area (Å²) in [6.45, 7) is 0. The molecule has 0 bridgehead atoms. The van der Waals surface area contributed by atoms with E-state index in [1.54, 1.807) is 18.2 Å². The van der Waals surface area contributed by atoms with Crippen LogP contribution in [0.25, 0.3) is 0 Å². The van der Waals surface area contributed by atoms with Crippen molar-refractivity contribution in [2.45, 2.75) is 6.29 Å². The van der Waals surface area contributed by atoms with E-state index in [9.17, 15) is 5.11 Å². The van der Waals surface area contributed by atoms with E-state index in [2.05, 4.69) is 4.74 Å². The van der Waals surface area contributed by atoms with Crippen LogP contribution in [0.15, 0.2) is 18.2 Å². The Morgan fingerprint density at radius 3 is 2.67 bits per heavy atom. The first-order valence-electron chi connectivity index (χ1n) is 3.31. The van der Waals surface area contributed by atoms with Gasteiger partial charge in [0.2, 0.25) is 0 Å². The second-order valence-electron chi connectivity index (χ2n) is 2.25. The van der Waals surface area contributed by atoms with Gasteiger partial charge in [0, 0.05) is 22.7 Å². The maximum atomic E-state index is 9.27. The molecule has 0 saturated heterocycles. The van der Waals surface area contributed by atoms with Crippen molar-refractivity contribution in [1.82, 2.24) is 0 Å². The van der Waals surface area contributed by atoms with Crippen LogP contribution in [0, 0.1) is 0 Å². The van der Waals surface area contributed by atoms with Crippen LogP contribution in [-0.2, 0) is 4.74 Å². The molecule has 0 heterocycles. The zero-order valence-corrected chi connectivity index (χ0v) is 7.93. The minimum atomic E-state index is -1.02. The number of rotatable bonds is 2. The number of ether oxygens (including phenoxy) is 1. The highest BCUT2D eigenvalue weighted by molar-refractivity contribution is 6.33. The first-order valence-corrected chi connectivity index (χ1v) is 4.06. The molecule has 66 valence electrons. The van der Waals surface area contributed by atoms with Gasteiger partial charge in [-0.1, -0.05) is 23.2 Å². The van der Waals surface area contributed by atoms with Crippen LogP contribution in [0.4, 0.5) is 0 Å². The van der Waals surface area contributed by atoms with Gasteiger partial charge in [0.05, 0.1) is 0 Å². The van der Waals surface area contributed by atoms with E-state index in [0.717, 1.165) is 0 Å². The summed E-state index contributed by atoms with van der Waals surface area (Å²) in [4.78, 5) is 0. The van der Waals surface area contributed by atoms with Gasteiger partial charge in [0.15, 0.2) is 6.29 Å². The highest BCUT2D eigenvalue weighted by atomic mass is 35.5. The van der Waals surface area contributed by atoms with Crippen LogP contribution in [0.3, 0.4) is 0 Å². The molecule has 1 aromatic carbocycles. The highest BCUT2D eigenvalue weighted by Gasteiger charge is 2.10. The lowest BCUT2D eigenvalue weighted by Crippen LogP contribution is -1.99. The molecule has 0 aliphatic rings. The highest BCUT2D eigenvalue weighted by Crippen LogP contribution is 2.26. The summed E-state index contributed by atoms with van der Waals surface area (Å²) in [5, 5.41) is 10.2. The third kappa shape index (κ3) is 2.11. The maximum Gasteiger partial charge on any atom is 0.182 e. The van der Waals surface area contributed by atoms with Crippen molar-refractivity contribution in [2.75, 3.05) is 7.11 Å². The van der Waals surface area contributed by atoms with Crippen molar-refractivity contribution in [2.24, 2.45) is 0 Å². The molecule has 1 unspecified atom stereocenters. The van der Waals surface area contributed by atoms with Crippen molar-refractivity contribution >= 4 is 23.2 Å². The Labute approximate surface area is 80.7 Å². The van der Waals surface area contributed by atoms with Gasteiger partial charge in [-0.2, -0.15) is 0 Å². The van der Waals surface area contributed by atoms with Gasteiger partial charge >= 0.3 is 0 Å². The largest absolute Gasteiger partial charge is 0.364 e. The quantitative estimate of drug-likeness (QED) is 0.755. The average Bonchev–Trinajstić information content (AvgIpc) is 2.08. The Morgan fingerprint density at radius 2 is 2.08 bits per heavy atom. The zero-order chi connectivity index (χ0) is 9.14. The number of hydrogen-bond acceptors (Lipinski definition) is 2. The molecule has 0 aromatic heterocycles. The van der Waals surface area contributed by atoms with Crippen LogP contribution >= 0.6 is 23.2 Å². The number of aliphatic hydroxyl groups excluding tert-OH is 1. The van der Waals surface area contributed by atoms with Gasteiger partial charge < -0.3 is 9.84 Å². The maximum absolute atomic E-state index is 9.27. The van der Waals surface area contributed by atoms with E-state index in [1.165, 1.54) is 7.11 Å². The van der Waals surface area contributed by atoms with Crippen molar-refractivity contribution in [3.8, 4) is 0 Å². The fraction of sp³-hybridized carbons (Fsp3) is 0.250. The molecule has 0 radical (unpaired) electrons. The Morgan fingerprint density at radius 1 is 1.42 bits per heavy atom. The zero-order valence-electron chi connectivity index (χ0n) is 6.42. The molecule has 1 N–H and O–H groups in total. The monoisotopic (exact) mass is 206 g/mol. The van der Waals surface area contributed by atoms with Gasteiger partial charge in [-0.3, -0.25) is 0 Å². The smallest absolute Gasteiger partial charge is 0.182 e. The molecule has 0 aliphatic carbocycles. The van der Waals surface area contributed by atoms with Crippen LogP contribution < -0.4 is 0 Å². The first-order chi connectivity index (χ1) is 5.65. The number of hydrogen-bond donors (Lipinski definition) is 1. The summed E-state index contributed by atoms with van der Waals surface area (Å²) in [7, 11) is 1.39. The van der Waals surface area contributed by atoms with Crippen molar-refractivity contribution in [3.05, 3.63) is 33.8 Å². The van der Waals surface area contributed by atoms with Crippen LogP contribution in [0.1, 0.15) is 11.9 Å². The fourth-order valence-electron chi connectivity index (χ4n) is 0.831. The minimum Gasteiger partial charge on any atom is -0.364 e. The van der Waals surface area contributed by atoms with E-state index < -0.39 is 6.29 Å². The molecule has 12 heavy (non-hydrogen) atoms. The molecule has 0 aliphatic heterocycles. The normalized spacial score (nSPS) is 13.0. The number of methoxy groups -OCH3 is 1. The van der Waals surface area contributed by atoms with E-state index in [1.807, 2.05) is 0 Å². The van der Waals surface area contributed by atoms with Crippen molar-refractivity contribution < 1.29 is 9.84 Å². The second kappa shape index (κ2) is 4.10. The van der Waals surface area contributed by atoms with Gasteiger partial charge in [0.1, 0.15) is 0 Å². The lowest BCUT2D eigenvalue weighted by molar-refractivity contribution is -0.0768. The van der Waals surface area contributed by atoms with Crippen LogP contribution in [0.5, 0.6) is 0 Å². The van der Waals surface area contributed by atoms with E-state index in [4.69, 9.17) is 23.2 Å². The Hall–Kier alpha value is -0.280. The predicted molar refractivity (Wildman–Crippen MR) is 48.4 cm³/mol. The van der Waals surface area contributed by atoms with Gasteiger partial charge in [0.25, 0.3) is 0 Å². The van der Waals surface area contributed by atoms with Crippen molar-refractivity contribution in [1.29, 1.82) is 0 Å². The molecule has 0 saturated carbocycles. The molecule has 0 spiro atoms. The number of benzene rings is 1. The first kappa shape index (κ1) is 9.81. The minimum absolute atomic E-state index is 0.439. The third-order valence-corrected chi connectivity index (χ3v) is 2.03. The summed E-state index contributed by atoms with van der Waals surface area (Å²) in [5.74, 6) is 0. The molecule has 4 heteroatoms. The summed E-state index contributed by atoms with van der Waals surface area (Å²) in [6.07, 6.45) is -1.02. The molecule has 1 rings (SSSR count). The lowest BCUT2D eigenvalue weighted by Gasteiger charge is -2.10. The van der Waals surface area contributed by atoms with Gasteiger partial charge in [-0.15, -0.1) is 0 Å². The summed E-state index contributed by atoms with van der Waals surface area (Å²) in [5.41, 5.74) is 0.478. The lowest BCUT2D eigenvalue weighted by atomic mass is 10.2. The standard InChI is InChI=1S/C8H8Cl2O2/c1-12-8(11)6-4-5(9)2-3-7(6)10/h2-4,8,11H,1H3. The molecule has 1 atom stereocenters. The van der Waals surface area contributed by atoms with Gasteiger partial charge in [-0.25, -0.2) is 0 Å². The van der Waals surface area contributed by atoms with Gasteiger partial charge in [-0.05, 0) is 18.2 Å². The molecular weight excluding hydrogens is 199 g/mol. The molecule has 1 aromatic rings. The Bertz CT molecular complexity index is 276. The number of aliphatic hydroxyl groups is 1. The Kier molecular flexibility index (Phi) is 3.35. The summed E-state index contributed by atoms with van der Waals surface area (Å²) < 4.78 is 4.68. The topological polar surface area (TPSA) is 29.5 Å². The summed E-state index contributed by atoms with van der Waals surface area (Å²) >= 11 is 11.5. The average molecular weight is 207 g/mol. The molecular formula is C8H8Cl2O2. The molecule has 2 nitrogen and oxygen atoms in total. The predicted octanol–water partition coefficient (Wildman–Crippen LogP) is 2.63. The third-order valence-electron chi connectivity index (χ3n) is 1.45. The molecule has 0 amide bonds. The summed E-state index contributed by atoms with van der Waals surface area (Å²) in [6, 6.07) is 4.83. The number of halogens is 2. The van der Waals surface area contributed by atoms with E-state index in [0.29, 0.717) is 15.6 Å². The SMILES string of the molecule is COC(O)c1cc(Cl)ccc1Cl. The fourth-order valence-corrected chi connectivity index (χ4v) is 1.22. The second-order valence-corrected chi connectivity index (χ2v) is 3.10.